The van der Waals surface area contributed by atoms with Gasteiger partial charge in [0.25, 0.3) is 0 Å². The number of anilines is 1. The number of rotatable bonds is 3. The Labute approximate surface area is 106 Å². The summed E-state index contributed by atoms with van der Waals surface area (Å²) in [6.07, 6.45) is 4.20. The van der Waals surface area contributed by atoms with E-state index in [-0.39, 0.29) is 0 Å². The molecule has 1 aliphatic heterocycles. The molecule has 0 spiro atoms. The van der Waals surface area contributed by atoms with Gasteiger partial charge in [-0.25, -0.2) is 4.79 Å². The molecule has 1 unspecified atom stereocenters. The van der Waals surface area contributed by atoms with Crippen LogP contribution in [0.25, 0.3) is 0 Å². The highest BCUT2D eigenvalue weighted by atomic mass is 32.2. The Balaban J connectivity index is 2.49. The number of benzene rings is 1. The molecule has 1 atom stereocenters. The molecule has 0 saturated carbocycles. The first-order valence-corrected chi connectivity index (χ1v) is 7.04. The van der Waals surface area contributed by atoms with Crippen molar-refractivity contribution in [2.75, 3.05) is 17.7 Å². The molecule has 1 N–H and O–H groups in total. The molecule has 1 aliphatic rings. The van der Waals surface area contributed by atoms with Gasteiger partial charge < -0.3 is 10.0 Å². The van der Waals surface area contributed by atoms with Crippen molar-refractivity contribution in [3.63, 3.8) is 0 Å². The van der Waals surface area contributed by atoms with Crippen LogP contribution in [-0.2, 0) is 0 Å². The summed E-state index contributed by atoms with van der Waals surface area (Å²) in [4.78, 5) is 14.5. The standard InChI is InChI=1S/C13H17NO2S/c1-9-5-4-8-14(9)10-6-3-7-11(17-2)12(10)13(15)16/h3,6-7,9H,4-5,8H2,1-2H3,(H,15,16). The summed E-state index contributed by atoms with van der Waals surface area (Å²) in [5.41, 5.74) is 1.32. The molecule has 0 bridgehead atoms. The largest absolute Gasteiger partial charge is 0.478 e. The lowest BCUT2D eigenvalue weighted by atomic mass is 10.1. The molecular weight excluding hydrogens is 234 g/mol. The molecule has 0 aromatic heterocycles. The van der Waals surface area contributed by atoms with Crippen LogP contribution in [0.3, 0.4) is 0 Å². The summed E-state index contributed by atoms with van der Waals surface area (Å²) >= 11 is 1.49. The third-order valence-corrected chi connectivity index (χ3v) is 4.08. The minimum absolute atomic E-state index is 0.435. The maximum Gasteiger partial charge on any atom is 0.338 e. The monoisotopic (exact) mass is 251 g/mol. The highest BCUT2D eigenvalue weighted by molar-refractivity contribution is 7.98. The fourth-order valence-corrected chi connectivity index (χ4v) is 3.05. The Morgan fingerprint density at radius 1 is 1.53 bits per heavy atom. The number of carboxylic acid groups (broad SMARTS) is 1. The van der Waals surface area contributed by atoms with Gasteiger partial charge in [0.15, 0.2) is 0 Å². The van der Waals surface area contributed by atoms with Gasteiger partial charge in [-0.05, 0) is 38.2 Å². The predicted molar refractivity (Wildman–Crippen MR) is 71.2 cm³/mol. The fraction of sp³-hybridized carbons (Fsp3) is 0.462. The first kappa shape index (κ1) is 12.3. The van der Waals surface area contributed by atoms with E-state index in [2.05, 4.69) is 11.8 Å². The summed E-state index contributed by atoms with van der Waals surface area (Å²) < 4.78 is 0. The summed E-state index contributed by atoms with van der Waals surface area (Å²) in [5.74, 6) is -0.830. The normalized spacial score (nSPS) is 19.6. The molecular formula is C13H17NO2S. The number of hydrogen-bond donors (Lipinski definition) is 1. The summed E-state index contributed by atoms with van der Waals surface area (Å²) in [7, 11) is 0. The Bertz CT molecular complexity index is 433. The van der Waals surface area contributed by atoms with Crippen molar-refractivity contribution < 1.29 is 9.90 Å². The van der Waals surface area contributed by atoms with Gasteiger partial charge >= 0.3 is 5.97 Å². The van der Waals surface area contributed by atoms with Gasteiger partial charge in [-0.15, -0.1) is 11.8 Å². The fourth-order valence-electron chi connectivity index (χ4n) is 2.44. The summed E-state index contributed by atoms with van der Waals surface area (Å²) in [5, 5.41) is 9.38. The van der Waals surface area contributed by atoms with Crippen molar-refractivity contribution in [2.45, 2.75) is 30.7 Å². The van der Waals surface area contributed by atoms with Crippen LogP contribution in [0.2, 0.25) is 0 Å². The molecule has 1 saturated heterocycles. The lowest BCUT2D eigenvalue weighted by Gasteiger charge is -2.26. The molecule has 0 aliphatic carbocycles. The Hall–Kier alpha value is -1.16. The van der Waals surface area contributed by atoms with Gasteiger partial charge in [-0.3, -0.25) is 0 Å². The first-order valence-electron chi connectivity index (χ1n) is 5.82. The van der Waals surface area contributed by atoms with Crippen molar-refractivity contribution in [1.29, 1.82) is 0 Å². The molecule has 4 heteroatoms. The Morgan fingerprint density at radius 2 is 2.29 bits per heavy atom. The van der Waals surface area contributed by atoms with Gasteiger partial charge in [-0.2, -0.15) is 0 Å². The van der Waals surface area contributed by atoms with Crippen molar-refractivity contribution >= 4 is 23.4 Å². The van der Waals surface area contributed by atoms with E-state index in [1.165, 1.54) is 11.8 Å². The second kappa shape index (κ2) is 5.00. The third kappa shape index (κ3) is 2.27. The van der Waals surface area contributed by atoms with Gasteiger partial charge in [0, 0.05) is 17.5 Å². The van der Waals surface area contributed by atoms with E-state index in [4.69, 9.17) is 0 Å². The molecule has 0 amide bonds. The van der Waals surface area contributed by atoms with E-state index >= 15 is 0 Å². The molecule has 17 heavy (non-hydrogen) atoms. The Kier molecular flexibility index (Phi) is 3.62. The van der Waals surface area contributed by atoms with E-state index in [1.54, 1.807) is 0 Å². The minimum Gasteiger partial charge on any atom is -0.478 e. The quantitative estimate of drug-likeness (QED) is 0.838. The van der Waals surface area contributed by atoms with Crippen LogP contribution in [0, 0.1) is 0 Å². The second-order valence-electron chi connectivity index (χ2n) is 4.34. The molecule has 1 aromatic carbocycles. The van der Waals surface area contributed by atoms with Gasteiger partial charge in [0.05, 0.1) is 11.3 Å². The van der Waals surface area contributed by atoms with Crippen molar-refractivity contribution in [3.05, 3.63) is 23.8 Å². The number of nitrogens with zero attached hydrogens (tertiary/aromatic N) is 1. The van der Waals surface area contributed by atoms with Gasteiger partial charge in [-0.1, -0.05) is 6.07 Å². The maximum atomic E-state index is 11.4. The molecule has 0 radical (unpaired) electrons. The average molecular weight is 251 g/mol. The second-order valence-corrected chi connectivity index (χ2v) is 5.19. The SMILES string of the molecule is CSc1cccc(N2CCCC2C)c1C(=O)O. The van der Waals surface area contributed by atoms with E-state index in [0.717, 1.165) is 30.0 Å². The van der Waals surface area contributed by atoms with Crippen LogP contribution in [0.4, 0.5) is 5.69 Å². The first-order chi connectivity index (χ1) is 8.15. The number of hydrogen-bond acceptors (Lipinski definition) is 3. The Morgan fingerprint density at radius 3 is 2.82 bits per heavy atom. The molecule has 2 rings (SSSR count). The predicted octanol–water partition coefficient (Wildman–Crippen LogP) is 3.10. The van der Waals surface area contributed by atoms with Crippen molar-refractivity contribution in [2.24, 2.45) is 0 Å². The lowest BCUT2D eigenvalue weighted by Crippen LogP contribution is -2.28. The molecule has 1 fully saturated rings. The highest BCUT2D eigenvalue weighted by Gasteiger charge is 2.26. The van der Waals surface area contributed by atoms with Crippen LogP contribution in [0.5, 0.6) is 0 Å². The zero-order valence-electron chi connectivity index (χ0n) is 10.1. The maximum absolute atomic E-state index is 11.4. The number of thioether (sulfide) groups is 1. The lowest BCUT2D eigenvalue weighted by molar-refractivity contribution is 0.0694. The van der Waals surface area contributed by atoms with Crippen LogP contribution in [-0.4, -0.2) is 29.9 Å². The third-order valence-electron chi connectivity index (χ3n) is 3.30. The van der Waals surface area contributed by atoms with E-state index in [1.807, 2.05) is 24.5 Å². The van der Waals surface area contributed by atoms with Crippen molar-refractivity contribution in [1.82, 2.24) is 0 Å². The molecule has 1 heterocycles. The van der Waals surface area contributed by atoms with Crippen LogP contribution in [0.15, 0.2) is 23.1 Å². The topological polar surface area (TPSA) is 40.5 Å². The smallest absolute Gasteiger partial charge is 0.338 e. The summed E-state index contributed by atoms with van der Waals surface area (Å²) in [6.45, 7) is 3.11. The summed E-state index contributed by atoms with van der Waals surface area (Å²) in [6, 6.07) is 6.17. The zero-order chi connectivity index (χ0) is 12.4. The van der Waals surface area contributed by atoms with E-state index < -0.39 is 5.97 Å². The van der Waals surface area contributed by atoms with E-state index in [9.17, 15) is 9.90 Å². The minimum atomic E-state index is -0.830. The molecule has 1 aromatic rings. The van der Waals surface area contributed by atoms with Crippen molar-refractivity contribution in [3.8, 4) is 0 Å². The zero-order valence-corrected chi connectivity index (χ0v) is 11.0. The molecule has 92 valence electrons. The van der Waals surface area contributed by atoms with Crippen LogP contribution < -0.4 is 4.90 Å². The van der Waals surface area contributed by atoms with Gasteiger partial charge in [0.1, 0.15) is 0 Å². The van der Waals surface area contributed by atoms with Gasteiger partial charge in [0.2, 0.25) is 0 Å². The number of carboxylic acids is 1. The number of aromatic carboxylic acids is 1. The van der Waals surface area contributed by atoms with Crippen LogP contribution >= 0.6 is 11.8 Å². The average Bonchev–Trinajstić information content (AvgIpc) is 2.74. The highest BCUT2D eigenvalue weighted by Crippen LogP contribution is 2.33. The van der Waals surface area contributed by atoms with Crippen LogP contribution in [0.1, 0.15) is 30.1 Å². The van der Waals surface area contributed by atoms with E-state index in [0.29, 0.717) is 11.6 Å². The number of carbonyl (C=O) groups is 1. The molecule has 3 nitrogen and oxygen atoms in total.